The summed E-state index contributed by atoms with van der Waals surface area (Å²) in [5, 5.41) is 6.18. The second-order valence-corrected chi connectivity index (χ2v) is 6.92. The maximum atomic E-state index is 12.3. The quantitative estimate of drug-likeness (QED) is 0.532. The fourth-order valence-electron chi connectivity index (χ4n) is 2.92. The van der Waals surface area contributed by atoms with E-state index in [9.17, 15) is 4.79 Å². The lowest BCUT2D eigenvalue weighted by Gasteiger charge is -2.13. The van der Waals surface area contributed by atoms with Crippen molar-refractivity contribution in [1.82, 2.24) is 20.2 Å². The smallest absolute Gasteiger partial charge is 0.270 e. The predicted octanol–water partition coefficient (Wildman–Crippen LogP) is 2.77. The summed E-state index contributed by atoms with van der Waals surface area (Å²) in [7, 11) is 4.05. The zero-order valence-corrected chi connectivity index (χ0v) is 15.8. The second kappa shape index (κ2) is 10.1. The van der Waals surface area contributed by atoms with Gasteiger partial charge in [-0.2, -0.15) is 0 Å². The summed E-state index contributed by atoms with van der Waals surface area (Å²) in [4.78, 5) is 23.1. The van der Waals surface area contributed by atoms with Gasteiger partial charge >= 0.3 is 0 Å². The van der Waals surface area contributed by atoms with Crippen molar-refractivity contribution in [3.05, 3.63) is 29.1 Å². The van der Waals surface area contributed by atoms with Crippen LogP contribution < -0.4 is 10.6 Å². The van der Waals surface area contributed by atoms with Crippen LogP contribution in [0.3, 0.4) is 0 Å². The number of anilines is 1. The number of rotatable bonds is 9. The van der Waals surface area contributed by atoms with E-state index < -0.39 is 0 Å². The van der Waals surface area contributed by atoms with Crippen LogP contribution in [-0.4, -0.2) is 54.5 Å². The molecule has 138 valence electrons. The molecule has 6 heteroatoms. The van der Waals surface area contributed by atoms with Gasteiger partial charge in [0.1, 0.15) is 5.69 Å². The van der Waals surface area contributed by atoms with Gasteiger partial charge in [0.2, 0.25) is 5.95 Å². The topological polar surface area (TPSA) is 70.2 Å². The van der Waals surface area contributed by atoms with Gasteiger partial charge in [0.15, 0.2) is 0 Å². The van der Waals surface area contributed by atoms with Crippen molar-refractivity contribution in [3.63, 3.8) is 0 Å². The minimum atomic E-state index is -0.137. The van der Waals surface area contributed by atoms with Gasteiger partial charge < -0.3 is 15.5 Å². The standard InChI is InChI=1S/C19H31N5O/c1-15-14-17(18(25)20-11-7-13-24(2)3)23-19(22-15)21-12-10-16-8-5-4-6-9-16/h8,14H,4-7,9-13H2,1-3H3,(H,20,25)(H,21,22,23). The third-order valence-corrected chi connectivity index (χ3v) is 4.27. The molecule has 0 aromatic carbocycles. The van der Waals surface area contributed by atoms with Crippen LogP contribution in [0.5, 0.6) is 0 Å². The Balaban J connectivity index is 1.83. The molecule has 1 aliphatic carbocycles. The predicted molar refractivity (Wildman–Crippen MR) is 102 cm³/mol. The average molecular weight is 345 g/mol. The minimum absolute atomic E-state index is 0.137. The molecular weight excluding hydrogens is 314 g/mol. The Labute approximate surface area is 151 Å². The number of carbonyl (C=O) groups excluding carboxylic acids is 1. The normalized spacial score (nSPS) is 14.3. The van der Waals surface area contributed by atoms with E-state index in [1.807, 2.05) is 21.0 Å². The van der Waals surface area contributed by atoms with Crippen LogP contribution in [-0.2, 0) is 0 Å². The summed E-state index contributed by atoms with van der Waals surface area (Å²) in [6.45, 7) is 4.29. The lowest BCUT2D eigenvalue weighted by molar-refractivity contribution is 0.0947. The highest BCUT2D eigenvalue weighted by molar-refractivity contribution is 5.92. The molecule has 0 fully saturated rings. The molecule has 1 amide bonds. The minimum Gasteiger partial charge on any atom is -0.354 e. The second-order valence-electron chi connectivity index (χ2n) is 6.92. The largest absolute Gasteiger partial charge is 0.354 e. The van der Waals surface area contributed by atoms with Crippen molar-refractivity contribution in [2.45, 2.75) is 45.4 Å². The van der Waals surface area contributed by atoms with Crippen molar-refractivity contribution in [1.29, 1.82) is 0 Å². The van der Waals surface area contributed by atoms with Crippen molar-refractivity contribution in [2.24, 2.45) is 0 Å². The van der Waals surface area contributed by atoms with Crippen molar-refractivity contribution >= 4 is 11.9 Å². The van der Waals surface area contributed by atoms with E-state index in [2.05, 4.69) is 31.6 Å². The fourth-order valence-corrected chi connectivity index (χ4v) is 2.92. The first-order valence-corrected chi connectivity index (χ1v) is 9.25. The third kappa shape index (κ3) is 7.22. The molecule has 2 rings (SSSR count). The van der Waals surface area contributed by atoms with Crippen molar-refractivity contribution < 1.29 is 4.79 Å². The van der Waals surface area contributed by atoms with Crippen LogP contribution in [0.25, 0.3) is 0 Å². The summed E-state index contributed by atoms with van der Waals surface area (Å²) < 4.78 is 0. The van der Waals surface area contributed by atoms with Crippen molar-refractivity contribution in [3.8, 4) is 0 Å². The zero-order chi connectivity index (χ0) is 18.1. The van der Waals surface area contributed by atoms with Gasteiger partial charge in [-0.1, -0.05) is 11.6 Å². The summed E-state index contributed by atoms with van der Waals surface area (Å²) >= 11 is 0. The Bertz CT molecular complexity index is 597. The van der Waals surface area contributed by atoms with E-state index in [0.29, 0.717) is 18.2 Å². The highest BCUT2D eigenvalue weighted by atomic mass is 16.1. The van der Waals surface area contributed by atoms with Crippen LogP contribution >= 0.6 is 0 Å². The number of carbonyl (C=O) groups is 1. The van der Waals surface area contributed by atoms with Gasteiger partial charge in [-0.25, -0.2) is 9.97 Å². The number of hydrogen-bond acceptors (Lipinski definition) is 5. The number of nitrogens with zero attached hydrogens (tertiary/aromatic N) is 3. The Hall–Kier alpha value is -1.95. The molecule has 0 saturated heterocycles. The molecule has 0 aliphatic heterocycles. The molecule has 1 heterocycles. The van der Waals surface area contributed by atoms with Gasteiger partial charge in [0.25, 0.3) is 5.91 Å². The molecule has 1 aromatic rings. The number of aromatic nitrogens is 2. The first-order valence-electron chi connectivity index (χ1n) is 9.25. The molecule has 0 unspecified atom stereocenters. The highest BCUT2D eigenvalue weighted by Crippen LogP contribution is 2.19. The van der Waals surface area contributed by atoms with Crippen LogP contribution in [0.2, 0.25) is 0 Å². The molecule has 0 atom stereocenters. The maximum Gasteiger partial charge on any atom is 0.270 e. The first-order chi connectivity index (χ1) is 12.0. The van der Waals surface area contributed by atoms with E-state index >= 15 is 0 Å². The van der Waals surface area contributed by atoms with E-state index in [-0.39, 0.29) is 5.91 Å². The lowest BCUT2D eigenvalue weighted by Crippen LogP contribution is -2.28. The number of aryl methyl sites for hydroxylation is 1. The lowest BCUT2D eigenvalue weighted by atomic mass is 9.97. The Morgan fingerprint density at radius 3 is 2.80 bits per heavy atom. The van der Waals surface area contributed by atoms with Gasteiger partial charge in [-0.05, 0) is 72.2 Å². The van der Waals surface area contributed by atoms with Crippen LogP contribution in [0.15, 0.2) is 17.7 Å². The van der Waals surface area contributed by atoms with Crippen molar-refractivity contribution in [2.75, 3.05) is 39.0 Å². The molecule has 1 aromatic heterocycles. The van der Waals surface area contributed by atoms with E-state index in [1.165, 1.54) is 31.3 Å². The fraction of sp³-hybridized carbons (Fsp3) is 0.632. The molecule has 0 radical (unpaired) electrons. The van der Waals surface area contributed by atoms with Gasteiger partial charge in [0, 0.05) is 18.8 Å². The Morgan fingerprint density at radius 1 is 1.24 bits per heavy atom. The van der Waals surface area contributed by atoms with Crippen LogP contribution in [0, 0.1) is 6.92 Å². The monoisotopic (exact) mass is 345 g/mol. The van der Waals surface area contributed by atoms with Gasteiger partial charge in [-0.15, -0.1) is 0 Å². The molecule has 0 saturated carbocycles. The van der Waals surface area contributed by atoms with E-state index in [0.717, 1.165) is 31.6 Å². The highest BCUT2D eigenvalue weighted by Gasteiger charge is 2.10. The SMILES string of the molecule is Cc1cc(C(=O)NCCCN(C)C)nc(NCCC2=CCCCC2)n1. The van der Waals surface area contributed by atoms with E-state index in [4.69, 9.17) is 0 Å². The molecule has 0 bridgehead atoms. The van der Waals surface area contributed by atoms with Gasteiger partial charge in [0.05, 0.1) is 0 Å². The molecular formula is C19H31N5O. The first kappa shape index (κ1) is 19.4. The summed E-state index contributed by atoms with van der Waals surface area (Å²) in [6.07, 6.45) is 9.31. The molecule has 25 heavy (non-hydrogen) atoms. The molecule has 6 nitrogen and oxygen atoms in total. The summed E-state index contributed by atoms with van der Waals surface area (Å²) in [5.41, 5.74) is 2.75. The van der Waals surface area contributed by atoms with E-state index in [1.54, 1.807) is 6.07 Å². The summed E-state index contributed by atoms with van der Waals surface area (Å²) in [5.74, 6) is 0.400. The van der Waals surface area contributed by atoms with Gasteiger partial charge in [-0.3, -0.25) is 4.79 Å². The summed E-state index contributed by atoms with van der Waals surface area (Å²) in [6, 6.07) is 1.73. The number of nitrogens with one attached hydrogen (secondary N) is 2. The Kier molecular flexibility index (Phi) is 7.85. The van der Waals surface area contributed by atoms with Crippen LogP contribution in [0.1, 0.15) is 54.7 Å². The maximum absolute atomic E-state index is 12.3. The Morgan fingerprint density at radius 2 is 2.08 bits per heavy atom. The third-order valence-electron chi connectivity index (χ3n) is 4.27. The van der Waals surface area contributed by atoms with Crippen LogP contribution in [0.4, 0.5) is 5.95 Å². The molecule has 2 N–H and O–H groups in total. The molecule has 1 aliphatic rings. The average Bonchev–Trinajstić information content (AvgIpc) is 2.59. The zero-order valence-electron chi connectivity index (χ0n) is 15.8. The number of allylic oxidation sites excluding steroid dienone is 1. The molecule has 0 spiro atoms. The number of amides is 1. The number of hydrogen-bond donors (Lipinski definition) is 2.